The van der Waals surface area contributed by atoms with E-state index in [1.54, 1.807) is 11.3 Å². The molecule has 0 unspecified atom stereocenters. The van der Waals surface area contributed by atoms with E-state index in [9.17, 15) is 9.59 Å². The number of rotatable bonds is 8. The number of hydrogen-bond donors (Lipinski definition) is 3. The highest BCUT2D eigenvalue weighted by molar-refractivity contribution is 9.10. The van der Waals surface area contributed by atoms with Crippen LogP contribution in [0.4, 0.5) is 15.6 Å². The number of urea groups is 1. The number of anilines is 2. The molecule has 0 aliphatic heterocycles. The van der Waals surface area contributed by atoms with Crippen molar-refractivity contribution >= 4 is 73.1 Å². The fourth-order valence-electron chi connectivity index (χ4n) is 2.10. The van der Waals surface area contributed by atoms with Crippen LogP contribution in [-0.2, 0) is 11.2 Å². The molecule has 0 spiro atoms. The Kier molecular flexibility index (Phi) is 7.83. The number of hydrogen-bond acceptors (Lipinski definition) is 8. The van der Waals surface area contributed by atoms with Gasteiger partial charge in [-0.05, 0) is 36.1 Å². The molecule has 0 atom stereocenters. The number of carbonyl (C=O) groups excluding carboxylic acids is 2. The maximum absolute atomic E-state index is 11.9. The summed E-state index contributed by atoms with van der Waals surface area (Å²) in [6, 6.07) is 11.2. The second-order valence-electron chi connectivity index (χ2n) is 5.43. The SMILES string of the molecule is O=C(CSc1nnc(Nc2cccc(Br)c2)s1)NC(=O)NCCc1cccs1. The van der Waals surface area contributed by atoms with E-state index < -0.39 is 6.03 Å². The van der Waals surface area contributed by atoms with Gasteiger partial charge in [0.1, 0.15) is 0 Å². The van der Waals surface area contributed by atoms with Crippen LogP contribution in [0.5, 0.6) is 0 Å². The van der Waals surface area contributed by atoms with Crippen molar-refractivity contribution in [2.45, 2.75) is 10.8 Å². The maximum Gasteiger partial charge on any atom is 0.321 e. The zero-order valence-electron chi connectivity index (χ0n) is 14.5. The van der Waals surface area contributed by atoms with E-state index >= 15 is 0 Å². The predicted molar refractivity (Wildman–Crippen MR) is 118 cm³/mol. The first-order valence-electron chi connectivity index (χ1n) is 8.17. The molecule has 2 heterocycles. The fourth-order valence-corrected chi connectivity index (χ4v) is 4.78. The van der Waals surface area contributed by atoms with Crippen molar-refractivity contribution < 1.29 is 9.59 Å². The number of halogens is 1. The highest BCUT2D eigenvalue weighted by Crippen LogP contribution is 2.28. The van der Waals surface area contributed by atoms with Crippen molar-refractivity contribution in [3.05, 3.63) is 51.1 Å². The summed E-state index contributed by atoms with van der Waals surface area (Å²) in [5, 5.41) is 18.9. The number of nitrogens with zero attached hydrogens (tertiary/aromatic N) is 2. The standard InChI is InChI=1S/C17H16BrN5O2S3/c18-11-3-1-4-12(9-11)20-16-22-23-17(28-16)27-10-14(24)21-15(25)19-7-6-13-5-2-8-26-13/h1-5,8-9H,6-7,10H2,(H,20,22)(H2,19,21,24,25). The Morgan fingerprint density at radius 2 is 2.07 bits per heavy atom. The first kappa shape index (κ1) is 20.8. The van der Waals surface area contributed by atoms with Gasteiger partial charge in [0.25, 0.3) is 0 Å². The van der Waals surface area contributed by atoms with E-state index in [0.29, 0.717) is 16.0 Å². The van der Waals surface area contributed by atoms with E-state index in [1.165, 1.54) is 28.0 Å². The van der Waals surface area contributed by atoms with Crippen molar-refractivity contribution in [1.29, 1.82) is 0 Å². The summed E-state index contributed by atoms with van der Waals surface area (Å²) in [6.07, 6.45) is 0.743. The van der Waals surface area contributed by atoms with Gasteiger partial charge in [-0.25, -0.2) is 4.79 Å². The quantitative estimate of drug-likeness (QED) is 0.402. The molecule has 3 amide bonds. The second-order valence-corrected chi connectivity index (χ2v) is 9.58. The molecule has 0 bridgehead atoms. The topological polar surface area (TPSA) is 96.0 Å². The molecule has 3 aromatic rings. The molecule has 146 valence electrons. The van der Waals surface area contributed by atoms with Gasteiger partial charge in [-0.1, -0.05) is 51.2 Å². The van der Waals surface area contributed by atoms with Gasteiger partial charge in [0.05, 0.1) is 5.75 Å². The molecule has 2 aromatic heterocycles. The van der Waals surface area contributed by atoms with Crippen LogP contribution in [0.2, 0.25) is 0 Å². The normalized spacial score (nSPS) is 10.5. The third-order valence-corrected chi connectivity index (χ3v) is 6.70. The Bertz CT molecular complexity index is 933. The van der Waals surface area contributed by atoms with E-state index in [2.05, 4.69) is 42.1 Å². The Labute approximate surface area is 182 Å². The summed E-state index contributed by atoms with van der Waals surface area (Å²) in [6.45, 7) is 0.480. The van der Waals surface area contributed by atoms with Crippen LogP contribution in [0.25, 0.3) is 0 Å². The van der Waals surface area contributed by atoms with Gasteiger partial charge in [0.2, 0.25) is 11.0 Å². The largest absolute Gasteiger partial charge is 0.337 e. The van der Waals surface area contributed by atoms with Crippen LogP contribution in [-0.4, -0.2) is 34.4 Å². The molecular weight excluding hydrogens is 482 g/mol. The van der Waals surface area contributed by atoms with E-state index in [0.717, 1.165) is 16.6 Å². The van der Waals surface area contributed by atoms with Crippen LogP contribution >= 0.6 is 50.4 Å². The van der Waals surface area contributed by atoms with Gasteiger partial charge in [0.15, 0.2) is 4.34 Å². The molecule has 28 heavy (non-hydrogen) atoms. The number of amides is 3. The molecule has 0 aliphatic rings. The zero-order chi connectivity index (χ0) is 19.8. The molecule has 7 nitrogen and oxygen atoms in total. The lowest BCUT2D eigenvalue weighted by Gasteiger charge is -2.05. The number of aromatic nitrogens is 2. The average molecular weight is 498 g/mol. The van der Waals surface area contributed by atoms with Crippen molar-refractivity contribution in [3.63, 3.8) is 0 Å². The number of carbonyl (C=O) groups is 2. The monoisotopic (exact) mass is 497 g/mol. The summed E-state index contributed by atoms with van der Waals surface area (Å²) >= 11 is 7.62. The second kappa shape index (κ2) is 10.6. The molecule has 3 rings (SSSR count). The van der Waals surface area contributed by atoms with Crippen LogP contribution in [0.15, 0.2) is 50.6 Å². The summed E-state index contributed by atoms with van der Waals surface area (Å²) in [7, 11) is 0. The summed E-state index contributed by atoms with van der Waals surface area (Å²) in [5.74, 6) is -0.292. The van der Waals surface area contributed by atoms with Gasteiger partial charge in [-0.3, -0.25) is 10.1 Å². The Morgan fingerprint density at radius 3 is 2.86 bits per heavy atom. The van der Waals surface area contributed by atoms with Crippen LogP contribution < -0.4 is 16.0 Å². The number of imide groups is 1. The molecule has 1 aromatic carbocycles. The maximum atomic E-state index is 11.9. The number of benzene rings is 1. The lowest BCUT2D eigenvalue weighted by molar-refractivity contribution is -0.117. The predicted octanol–water partition coefficient (Wildman–Crippen LogP) is 4.27. The van der Waals surface area contributed by atoms with Gasteiger partial charge in [0, 0.05) is 21.6 Å². The van der Waals surface area contributed by atoms with Crippen molar-refractivity contribution in [2.75, 3.05) is 17.6 Å². The molecule has 3 N–H and O–H groups in total. The molecular formula is C17H16BrN5O2S3. The summed E-state index contributed by atoms with van der Waals surface area (Å²) < 4.78 is 1.60. The number of thiophene rings is 1. The van der Waals surface area contributed by atoms with Crippen molar-refractivity contribution in [1.82, 2.24) is 20.8 Å². The van der Waals surface area contributed by atoms with Crippen molar-refractivity contribution in [2.24, 2.45) is 0 Å². The van der Waals surface area contributed by atoms with Crippen LogP contribution in [0.1, 0.15) is 4.88 Å². The highest BCUT2D eigenvalue weighted by Gasteiger charge is 2.11. The van der Waals surface area contributed by atoms with Gasteiger partial charge in [-0.15, -0.1) is 21.5 Å². The third-order valence-electron chi connectivity index (χ3n) is 3.30. The molecule has 0 radical (unpaired) electrons. The molecule has 11 heteroatoms. The lowest BCUT2D eigenvalue weighted by Crippen LogP contribution is -2.41. The lowest BCUT2D eigenvalue weighted by atomic mass is 10.3. The van der Waals surface area contributed by atoms with E-state index in [-0.39, 0.29) is 11.7 Å². The molecule has 0 fully saturated rings. The van der Waals surface area contributed by atoms with Gasteiger partial charge < -0.3 is 10.6 Å². The zero-order valence-corrected chi connectivity index (χ0v) is 18.5. The first-order chi connectivity index (χ1) is 13.6. The average Bonchev–Trinajstić information content (AvgIpc) is 3.32. The van der Waals surface area contributed by atoms with Gasteiger partial charge in [-0.2, -0.15) is 0 Å². The molecule has 0 saturated carbocycles. The minimum atomic E-state index is -0.489. The van der Waals surface area contributed by atoms with Crippen molar-refractivity contribution in [3.8, 4) is 0 Å². The summed E-state index contributed by atoms with van der Waals surface area (Å²) in [5.41, 5.74) is 0.888. The van der Waals surface area contributed by atoms with Gasteiger partial charge >= 0.3 is 6.03 Å². The van der Waals surface area contributed by atoms with E-state index in [1.807, 2.05) is 41.8 Å². The van der Waals surface area contributed by atoms with Crippen LogP contribution in [0.3, 0.4) is 0 Å². The summed E-state index contributed by atoms with van der Waals surface area (Å²) in [4.78, 5) is 24.8. The minimum absolute atomic E-state index is 0.0872. The smallest absolute Gasteiger partial charge is 0.321 e. The Hall–Kier alpha value is -1.95. The Balaban J connectivity index is 1.37. The van der Waals surface area contributed by atoms with Crippen LogP contribution in [0, 0.1) is 0 Å². The molecule has 0 aliphatic carbocycles. The first-order valence-corrected chi connectivity index (χ1v) is 11.6. The third kappa shape index (κ3) is 6.89. The van der Waals surface area contributed by atoms with E-state index in [4.69, 9.17) is 0 Å². The number of thioether (sulfide) groups is 1. The number of nitrogens with one attached hydrogen (secondary N) is 3. The Morgan fingerprint density at radius 1 is 1.18 bits per heavy atom. The minimum Gasteiger partial charge on any atom is -0.337 e. The molecule has 0 saturated heterocycles. The fraction of sp³-hybridized carbons (Fsp3) is 0.176. The highest BCUT2D eigenvalue weighted by atomic mass is 79.9.